The Labute approximate surface area is 81.2 Å². The van der Waals surface area contributed by atoms with Crippen LogP contribution in [-0.2, 0) is 14.3 Å². The molecule has 3 amide bonds. The second-order valence-electron chi connectivity index (χ2n) is 2.89. The zero-order chi connectivity index (χ0) is 10.7. The van der Waals surface area contributed by atoms with E-state index in [4.69, 9.17) is 4.74 Å². The second kappa shape index (κ2) is 4.08. The maximum Gasteiger partial charge on any atom is 0.323 e. The van der Waals surface area contributed by atoms with E-state index in [1.165, 1.54) is 7.05 Å². The Balaban J connectivity index is 2.68. The van der Waals surface area contributed by atoms with E-state index in [0.717, 1.165) is 4.90 Å². The summed E-state index contributed by atoms with van der Waals surface area (Å²) in [4.78, 5) is 34.5. The van der Waals surface area contributed by atoms with E-state index in [-0.39, 0.29) is 13.2 Å². The molecule has 1 N–H and O–H groups in total. The molecule has 0 aromatic carbocycles. The largest absolute Gasteiger partial charge is 0.465 e. The van der Waals surface area contributed by atoms with Crippen molar-refractivity contribution in [1.82, 2.24) is 10.2 Å². The molecule has 0 aliphatic carbocycles. The summed E-state index contributed by atoms with van der Waals surface area (Å²) < 4.78 is 4.70. The third-order valence-corrected chi connectivity index (χ3v) is 1.96. The maximum atomic E-state index is 11.4. The van der Waals surface area contributed by atoms with Crippen molar-refractivity contribution in [3.8, 4) is 0 Å². The van der Waals surface area contributed by atoms with Gasteiger partial charge in [0.2, 0.25) is 5.91 Å². The van der Waals surface area contributed by atoms with Crippen molar-refractivity contribution in [1.29, 1.82) is 0 Å². The lowest BCUT2D eigenvalue weighted by atomic mass is 10.1. The van der Waals surface area contributed by atoms with E-state index < -0.39 is 23.8 Å². The van der Waals surface area contributed by atoms with Gasteiger partial charge in [-0.2, -0.15) is 0 Å². The van der Waals surface area contributed by atoms with E-state index in [1.54, 1.807) is 6.92 Å². The lowest BCUT2D eigenvalue weighted by Crippen LogP contribution is -2.55. The third kappa shape index (κ3) is 1.84. The molecular weight excluding hydrogens is 188 g/mol. The highest BCUT2D eigenvalue weighted by Gasteiger charge is 2.37. The number of imide groups is 1. The predicted octanol–water partition coefficient (Wildman–Crippen LogP) is -0.653. The molecule has 78 valence electrons. The number of carbonyl (C=O) groups is 3. The van der Waals surface area contributed by atoms with Gasteiger partial charge in [-0.05, 0) is 6.92 Å². The lowest BCUT2D eigenvalue weighted by Gasteiger charge is -2.26. The molecule has 6 nitrogen and oxygen atoms in total. The number of carbonyl (C=O) groups excluding carboxylic acids is 3. The Hall–Kier alpha value is -1.59. The summed E-state index contributed by atoms with van der Waals surface area (Å²) in [5.74, 6) is -2.02. The fourth-order valence-corrected chi connectivity index (χ4v) is 1.16. The van der Waals surface area contributed by atoms with Crippen molar-refractivity contribution in [2.75, 3.05) is 20.2 Å². The third-order valence-electron chi connectivity index (χ3n) is 1.96. The Morgan fingerprint density at radius 1 is 1.64 bits per heavy atom. The molecule has 1 aliphatic rings. The summed E-state index contributed by atoms with van der Waals surface area (Å²) in [5.41, 5.74) is 0. The van der Waals surface area contributed by atoms with Gasteiger partial charge in [-0.1, -0.05) is 0 Å². The van der Waals surface area contributed by atoms with Gasteiger partial charge < -0.3 is 10.1 Å². The minimum Gasteiger partial charge on any atom is -0.465 e. The van der Waals surface area contributed by atoms with E-state index in [2.05, 4.69) is 5.32 Å². The smallest absolute Gasteiger partial charge is 0.323 e. The monoisotopic (exact) mass is 200 g/mol. The van der Waals surface area contributed by atoms with Crippen LogP contribution in [0.2, 0.25) is 0 Å². The number of hydrogen-bond donors (Lipinski definition) is 1. The molecule has 1 aliphatic heterocycles. The van der Waals surface area contributed by atoms with Crippen LogP contribution in [-0.4, -0.2) is 43.0 Å². The number of urea groups is 1. The van der Waals surface area contributed by atoms with Gasteiger partial charge in [0.1, 0.15) is 0 Å². The fourth-order valence-electron chi connectivity index (χ4n) is 1.16. The van der Waals surface area contributed by atoms with Gasteiger partial charge in [0.15, 0.2) is 5.92 Å². The summed E-state index contributed by atoms with van der Waals surface area (Å²) in [6.07, 6.45) is 0. The quantitative estimate of drug-likeness (QED) is 0.474. The molecule has 6 heteroatoms. The molecule has 1 unspecified atom stereocenters. The molecule has 14 heavy (non-hydrogen) atoms. The molecule has 0 bridgehead atoms. The molecule has 0 aromatic rings. The number of nitrogens with zero attached hydrogens (tertiary/aromatic N) is 1. The first-order chi connectivity index (χ1) is 6.57. The summed E-state index contributed by atoms with van der Waals surface area (Å²) in [6.45, 7) is 1.90. The normalized spacial score (nSPS) is 21.9. The van der Waals surface area contributed by atoms with Crippen LogP contribution < -0.4 is 5.32 Å². The number of rotatable bonds is 2. The van der Waals surface area contributed by atoms with E-state index in [1.807, 2.05) is 0 Å². The van der Waals surface area contributed by atoms with Crippen LogP contribution >= 0.6 is 0 Å². The predicted molar refractivity (Wildman–Crippen MR) is 46.3 cm³/mol. The number of ether oxygens (including phenoxy) is 1. The Morgan fingerprint density at radius 3 is 2.86 bits per heavy atom. The van der Waals surface area contributed by atoms with Crippen LogP contribution in [0, 0.1) is 5.92 Å². The van der Waals surface area contributed by atoms with Gasteiger partial charge >= 0.3 is 12.0 Å². The molecule has 1 fully saturated rings. The SMILES string of the molecule is CCOC(=O)C1CNC(=O)N(C)C1=O. The molecule has 1 rings (SSSR count). The van der Waals surface area contributed by atoms with Crippen molar-refractivity contribution >= 4 is 17.9 Å². The number of amides is 3. The van der Waals surface area contributed by atoms with Crippen LogP contribution in [0.3, 0.4) is 0 Å². The molecule has 1 saturated heterocycles. The molecule has 1 atom stereocenters. The van der Waals surface area contributed by atoms with E-state index in [9.17, 15) is 14.4 Å². The zero-order valence-corrected chi connectivity index (χ0v) is 8.07. The Bertz CT molecular complexity index is 277. The van der Waals surface area contributed by atoms with Crippen LogP contribution in [0.25, 0.3) is 0 Å². The minimum absolute atomic E-state index is 0.0147. The molecule has 0 spiro atoms. The van der Waals surface area contributed by atoms with Crippen molar-refractivity contribution in [3.63, 3.8) is 0 Å². The lowest BCUT2D eigenvalue weighted by molar-refractivity contribution is -0.154. The van der Waals surface area contributed by atoms with Crippen molar-refractivity contribution in [2.45, 2.75) is 6.92 Å². The molecule has 0 radical (unpaired) electrons. The average molecular weight is 200 g/mol. The van der Waals surface area contributed by atoms with Gasteiger partial charge in [-0.25, -0.2) is 4.79 Å². The first kappa shape index (κ1) is 10.5. The van der Waals surface area contributed by atoms with Crippen LogP contribution in [0.5, 0.6) is 0 Å². The number of nitrogens with one attached hydrogen (secondary N) is 1. The standard InChI is InChI=1S/C8H12N2O4/c1-3-14-7(12)5-4-9-8(13)10(2)6(5)11/h5H,3-4H2,1-2H3,(H,9,13). The van der Waals surface area contributed by atoms with E-state index >= 15 is 0 Å². The molecule has 1 heterocycles. The van der Waals surface area contributed by atoms with Gasteiger partial charge in [-0.3, -0.25) is 14.5 Å². The number of hydrogen-bond acceptors (Lipinski definition) is 4. The van der Waals surface area contributed by atoms with Crippen molar-refractivity contribution in [3.05, 3.63) is 0 Å². The topological polar surface area (TPSA) is 75.7 Å². The number of esters is 1. The zero-order valence-electron chi connectivity index (χ0n) is 8.07. The van der Waals surface area contributed by atoms with Crippen molar-refractivity contribution in [2.24, 2.45) is 5.92 Å². The highest BCUT2D eigenvalue weighted by atomic mass is 16.5. The molecule has 0 aromatic heterocycles. The maximum absolute atomic E-state index is 11.4. The Morgan fingerprint density at radius 2 is 2.29 bits per heavy atom. The summed E-state index contributed by atoms with van der Waals surface area (Å²) in [5, 5.41) is 2.42. The van der Waals surface area contributed by atoms with Crippen LogP contribution in [0.15, 0.2) is 0 Å². The van der Waals surface area contributed by atoms with Gasteiger partial charge in [-0.15, -0.1) is 0 Å². The van der Waals surface area contributed by atoms with Crippen molar-refractivity contribution < 1.29 is 19.1 Å². The summed E-state index contributed by atoms with van der Waals surface area (Å²) in [6, 6.07) is -0.490. The summed E-state index contributed by atoms with van der Waals surface area (Å²) >= 11 is 0. The average Bonchev–Trinajstić information content (AvgIpc) is 2.15. The Kier molecular flexibility index (Phi) is 3.06. The van der Waals surface area contributed by atoms with Gasteiger partial charge in [0.05, 0.1) is 6.61 Å². The highest BCUT2D eigenvalue weighted by Crippen LogP contribution is 2.08. The van der Waals surface area contributed by atoms with Crippen LogP contribution in [0.1, 0.15) is 6.92 Å². The first-order valence-corrected chi connectivity index (χ1v) is 4.30. The van der Waals surface area contributed by atoms with Gasteiger partial charge in [0, 0.05) is 13.6 Å². The first-order valence-electron chi connectivity index (χ1n) is 4.30. The fraction of sp³-hybridized carbons (Fsp3) is 0.625. The molecular formula is C8H12N2O4. The second-order valence-corrected chi connectivity index (χ2v) is 2.89. The van der Waals surface area contributed by atoms with E-state index in [0.29, 0.717) is 0 Å². The van der Waals surface area contributed by atoms with Gasteiger partial charge in [0.25, 0.3) is 0 Å². The summed E-state index contributed by atoms with van der Waals surface area (Å²) in [7, 11) is 1.32. The molecule has 0 saturated carbocycles. The van der Waals surface area contributed by atoms with Crippen LogP contribution in [0.4, 0.5) is 4.79 Å². The highest BCUT2D eigenvalue weighted by molar-refractivity contribution is 6.06. The minimum atomic E-state index is -0.905.